The molecular weight excluding hydrogens is 240 g/mol. The Balaban J connectivity index is 2.15. The first-order valence-corrected chi connectivity index (χ1v) is 5.92. The molecule has 1 amide bonds. The molecule has 1 aromatic heterocycles. The lowest BCUT2D eigenvalue weighted by Crippen LogP contribution is -2.15. The van der Waals surface area contributed by atoms with Crippen molar-refractivity contribution in [2.24, 2.45) is 0 Å². The van der Waals surface area contributed by atoms with Gasteiger partial charge in [-0.2, -0.15) is 0 Å². The first kappa shape index (κ1) is 13.0. The Kier molecular flexibility index (Phi) is 3.71. The summed E-state index contributed by atoms with van der Waals surface area (Å²) in [6.45, 7) is 3.34. The van der Waals surface area contributed by atoms with Crippen LogP contribution in [0.25, 0.3) is 0 Å². The highest BCUT2D eigenvalue weighted by Crippen LogP contribution is 2.12. The third-order valence-corrected chi connectivity index (χ3v) is 2.77. The van der Waals surface area contributed by atoms with Gasteiger partial charge in [-0.1, -0.05) is 6.07 Å². The molecule has 0 aliphatic heterocycles. The van der Waals surface area contributed by atoms with Crippen molar-refractivity contribution in [3.63, 3.8) is 0 Å². The van der Waals surface area contributed by atoms with Crippen LogP contribution in [-0.2, 0) is 0 Å². The minimum absolute atomic E-state index is 0.00144. The molecule has 0 saturated heterocycles. The fourth-order valence-corrected chi connectivity index (χ4v) is 1.70. The first-order chi connectivity index (χ1) is 9.08. The molecule has 0 unspecified atom stereocenters. The lowest BCUT2D eigenvalue weighted by atomic mass is 10.1. The number of ketones is 1. The predicted molar refractivity (Wildman–Crippen MR) is 73.4 cm³/mol. The van der Waals surface area contributed by atoms with E-state index in [9.17, 15) is 9.59 Å². The van der Waals surface area contributed by atoms with E-state index in [0.29, 0.717) is 16.9 Å². The molecule has 0 saturated carbocycles. The lowest BCUT2D eigenvalue weighted by molar-refractivity contribution is 0.101. The van der Waals surface area contributed by atoms with Gasteiger partial charge in [-0.05, 0) is 49.7 Å². The number of pyridine rings is 1. The highest BCUT2D eigenvalue weighted by molar-refractivity contribution is 6.04. The van der Waals surface area contributed by atoms with Gasteiger partial charge in [0.05, 0.1) is 0 Å². The van der Waals surface area contributed by atoms with Gasteiger partial charge in [0.25, 0.3) is 5.91 Å². The third kappa shape index (κ3) is 3.04. The van der Waals surface area contributed by atoms with E-state index in [-0.39, 0.29) is 11.7 Å². The number of carbonyl (C=O) groups is 2. The van der Waals surface area contributed by atoms with Crippen molar-refractivity contribution in [2.45, 2.75) is 13.8 Å². The molecule has 4 nitrogen and oxygen atoms in total. The van der Waals surface area contributed by atoms with Gasteiger partial charge in [-0.3, -0.25) is 14.6 Å². The zero-order valence-corrected chi connectivity index (χ0v) is 10.8. The second-order valence-electron chi connectivity index (χ2n) is 4.26. The van der Waals surface area contributed by atoms with Crippen LogP contribution >= 0.6 is 0 Å². The molecule has 1 N–H and O–H groups in total. The van der Waals surface area contributed by atoms with Crippen molar-refractivity contribution in [1.82, 2.24) is 4.98 Å². The van der Waals surface area contributed by atoms with E-state index in [0.717, 1.165) is 5.56 Å². The zero-order chi connectivity index (χ0) is 13.8. The third-order valence-electron chi connectivity index (χ3n) is 2.77. The van der Waals surface area contributed by atoms with Gasteiger partial charge in [0.1, 0.15) is 5.69 Å². The van der Waals surface area contributed by atoms with Crippen molar-refractivity contribution in [2.75, 3.05) is 5.32 Å². The Hall–Kier alpha value is -2.49. The van der Waals surface area contributed by atoms with Crippen molar-refractivity contribution >= 4 is 17.4 Å². The Morgan fingerprint density at radius 1 is 1.11 bits per heavy atom. The standard InChI is InChI=1S/C15H14N2O2/c1-10-4-3-9-16-14(10)15(19)17-13-7-5-12(6-8-13)11(2)18/h3-9H,1-2H3,(H,17,19). The Labute approximate surface area is 111 Å². The maximum absolute atomic E-state index is 12.0. The number of hydrogen-bond donors (Lipinski definition) is 1. The summed E-state index contributed by atoms with van der Waals surface area (Å²) in [6.07, 6.45) is 1.58. The number of Topliss-reactive ketones (excluding diaryl/α,β-unsaturated/α-hetero) is 1. The van der Waals surface area contributed by atoms with E-state index in [1.54, 1.807) is 36.5 Å². The van der Waals surface area contributed by atoms with E-state index in [2.05, 4.69) is 10.3 Å². The Morgan fingerprint density at radius 2 is 1.79 bits per heavy atom. The molecule has 0 fully saturated rings. The van der Waals surface area contributed by atoms with Gasteiger partial charge in [0, 0.05) is 17.4 Å². The Bertz CT molecular complexity index is 618. The molecule has 2 rings (SSSR count). The van der Waals surface area contributed by atoms with E-state index in [1.165, 1.54) is 6.92 Å². The molecule has 1 heterocycles. The van der Waals surface area contributed by atoms with E-state index >= 15 is 0 Å². The van der Waals surface area contributed by atoms with Crippen LogP contribution < -0.4 is 5.32 Å². The van der Waals surface area contributed by atoms with Crippen LogP contribution in [-0.4, -0.2) is 16.7 Å². The number of amides is 1. The highest BCUT2D eigenvalue weighted by Gasteiger charge is 2.10. The highest BCUT2D eigenvalue weighted by atomic mass is 16.2. The SMILES string of the molecule is CC(=O)c1ccc(NC(=O)c2ncccc2C)cc1. The van der Waals surface area contributed by atoms with Crippen LogP contribution in [0.1, 0.15) is 33.3 Å². The summed E-state index contributed by atoms with van der Waals surface area (Å²) >= 11 is 0. The number of rotatable bonds is 3. The number of carbonyl (C=O) groups excluding carboxylic acids is 2. The molecule has 0 bridgehead atoms. The summed E-state index contributed by atoms with van der Waals surface area (Å²) in [7, 11) is 0. The van der Waals surface area contributed by atoms with Crippen LogP contribution in [0.3, 0.4) is 0 Å². The van der Waals surface area contributed by atoms with Crippen LogP contribution in [0.15, 0.2) is 42.6 Å². The average molecular weight is 254 g/mol. The van der Waals surface area contributed by atoms with Gasteiger partial charge in [-0.25, -0.2) is 0 Å². The number of aryl methyl sites for hydroxylation is 1. The van der Waals surface area contributed by atoms with E-state index in [1.807, 2.05) is 13.0 Å². The zero-order valence-electron chi connectivity index (χ0n) is 10.8. The predicted octanol–water partition coefficient (Wildman–Crippen LogP) is 2.84. The summed E-state index contributed by atoms with van der Waals surface area (Å²) in [5, 5.41) is 2.75. The molecule has 1 aromatic carbocycles. The summed E-state index contributed by atoms with van der Waals surface area (Å²) in [5.41, 5.74) is 2.48. The summed E-state index contributed by atoms with van der Waals surface area (Å²) in [6, 6.07) is 10.4. The molecule has 2 aromatic rings. The normalized spacial score (nSPS) is 10.0. The fourth-order valence-electron chi connectivity index (χ4n) is 1.70. The van der Waals surface area contributed by atoms with Gasteiger partial charge < -0.3 is 5.32 Å². The number of hydrogen-bond acceptors (Lipinski definition) is 3. The average Bonchev–Trinajstić information content (AvgIpc) is 2.39. The van der Waals surface area contributed by atoms with Crippen LogP contribution in [0.2, 0.25) is 0 Å². The lowest BCUT2D eigenvalue weighted by Gasteiger charge is -2.07. The number of anilines is 1. The molecule has 96 valence electrons. The Morgan fingerprint density at radius 3 is 2.37 bits per heavy atom. The van der Waals surface area contributed by atoms with Gasteiger partial charge in [0.15, 0.2) is 5.78 Å². The van der Waals surface area contributed by atoms with Crippen molar-refractivity contribution in [3.05, 3.63) is 59.4 Å². The van der Waals surface area contributed by atoms with Crippen LogP contribution in [0.4, 0.5) is 5.69 Å². The van der Waals surface area contributed by atoms with E-state index in [4.69, 9.17) is 0 Å². The number of nitrogens with zero attached hydrogens (tertiary/aromatic N) is 1. The topological polar surface area (TPSA) is 59.1 Å². The molecule has 0 atom stereocenters. The molecule has 19 heavy (non-hydrogen) atoms. The molecule has 4 heteroatoms. The van der Waals surface area contributed by atoms with Crippen molar-refractivity contribution < 1.29 is 9.59 Å². The summed E-state index contributed by atoms with van der Waals surface area (Å²) < 4.78 is 0. The van der Waals surface area contributed by atoms with Crippen molar-refractivity contribution in [3.8, 4) is 0 Å². The molecule has 0 aliphatic rings. The van der Waals surface area contributed by atoms with Gasteiger partial charge in [-0.15, -0.1) is 0 Å². The number of nitrogens with one attached hydrogen (secondary N) is 1. The largest absolute Gasteiger partial charge is 0.321 e. The molecule has 0 aliphatic carbocycles. The first-order valence-electron chi connectivity index (χ1n) is 5.92. The summed E-state index contributed by atoms with van der Waals surface area (Å²) in [4.78, 5) is 27.2. The monoisotopic (exact) mass is 254 g/mol. The van der Waals surface area contributed by atoms with Gasteiger partial charge in [0.2, 0.25) is 0 Å². The number of aromatic nitrogens is 1. The minimum atomic E-state index is -0.256. The molecule has 0 radical (unpaired) electrons. The van der Waals surface area contributed by atoms with Crippen molar-refractivity contribution in [1.29, 1.82) is 0 Å². The van der Waals surface area contributed by atoms with E-state index < -0.39 is 0 Å². The van der Waals surface area contributed by atoms with Gasteiger partial charge >= 0.3 is 0 Å². The smallest absolute Gasteiger partial charge is 0.274 e. The quantitative estimate of drug-likeness (QED) is 0.857. The van der Waals surface area contributed by atoms with Crippen LogP contribution in [0.5, 0.6) is 0 Å². The molecule has 0 spiro atoms. The second kappa shape index (κ2) is 5.44. The maximum Gasteiger partial charge on any atom is 0.274 e. The number of benzene rings is 1. The second-order valence-corrected chi connectivity index (χ2v) is 4.26. The fraction of sp³-hybridized carbons (Fsp3) is 0.133. The maximum atomic E-state index is 12.0. The van der Waals surface area contributed by atoms with Crippen LogP contribution in [0, 0.1) is 6.92 Å². The minimum Gasteiger partial charge on any atom is -0.321 e. The molecular formula is C15H14N2O2. The summed E-state index contributed by atoms with van der Waals surface area (Å²) in [5.74, 6) is -0.257.